The van der Waals surface area contributed by atoms with E-state index in [2.05, 4.69) is 0 Å². The Hall–Kier alpha value is 0. The maximum Gasteiger partial charge on any atom is 0.0269 e. The summed E-state index contributed by atoms with van der Waals surface area (Å²) in [5, 5.41) is 0. The Balaban J connectivity index is 2.11. The van der Waals surface area contributed by atoms with Gasteiger partial charge in [-0.3, -0.25) is 0 Å². The molecule has 0 aromatic rings. The van der Waals surface area contributed by atoms with Crippen LogP contribution in [0.25, 0.3) is 0 Å². The molecule has 40 valence electrons. The van der Waals surface area contributed by atoms with Gasteiger partial charge in [0, 0.05) is 1.37 Å². The lowest BCUT2D eigenvalue weighted by Gasteiger charge is -2.05. The zero-order chi connectivity index (χ0) is 5.56. The second-order valence-electron chi connectivity index (χ2n) is 2.91. The van der Waals surface area contributed by atoms with E-state index in [1.807, 2.05) is 0 Å². The van der Waals surface area contributed by atoms with Gasteiger partial charge in [-0.2, -0.15) is 0 Å². The van der Waals surface area contributed by atoms with Crippen LogP contribution in [0.2, 0.25) is 0 Å². The second-order valence-corrected chi connectivity index (χ2v) is 2.91. The Labute approximate surface area is 46.3 Å². The lowest BCUT2D eigenvalue weighted by molar-refractivity contribution is 0.480. The maximum atomic E-state index is 7.52. The Morgan fingerprint density at radius 3 is 2.29 bits per heavy atom. The molecule has 2 fully saturated rings. The third-order valence-electron chi connectivity index (χ3n) is 2.38. The predicted octanol–water partition coefficient (Wildman–Crippen LogP) is 2.20. The Kier molecular flexibility index (Phi) is 0.551. The topological polar surface area (TPSA) is 0 Å². The van der Waals surface area contributed by atoms with Crippen molar-refractivity contribution in [1.29, 1.82) is 0 Å². The summed E-state index contributed by atoms with van der Waals surface area (Å²) in [4.78, 5) is 0. The summed E-state index contributed by atoms with van der Waals surface area (Å²) >= 11 is 0. The summed E-state index contributed by atoms with van der Waals surface area (Å²) in [5.74, 6) is 1.77. The van der Waals surface area contributed by atoms with Crippen LogP contribution in [0.3, 0.4) is 0 Å². The fourth-order valence-corrected chi connectivity index (χ4v) is 1.93. The van der Waals surface area contributed by atoms with Crippen molar-refractivity contribution in [2.24, 2.45) is 11.8 Å². The number of hydrogen-bond donors (Lipinski definition) is 0. The minimum absolute atomic E-state index is 0.328. The standard InChI is InChI=1S/C7H12/c1-2-7-4-3-6(1)5-7/h6-7H,1-5H2/i1D. The molecule has 0 N–H and O–H groups in total. The van der Waals surface area contributed by atoms with Gasteiger partial charge in [-0.05, 0) is 18.3 Å². The summed E-state index contributed by atoms with van der Waals surface area (Å²) in [6.45, 7) is 0. The Morgan fingerprint density at radius 1 is 1.14 bits per heavy atom. The van der Waals surface area contributed by atoms with E-state index < -0.39 is 0 Å². The van der Waals surface area contributed by atoms with Crippen LogP contribution in [-0.2, 0) is 0 Å². The Morgan fingerprint density at radius 2 is 2.00 bits per heavy atom. The third kappa shape index (κ3) is 0.490. The van der Waals surface area contributed by atoms with Gasteiger partial charge in [0.25, 0.3) is 0 Å². The van der Waals surface area contributed by atoms with Gasteiger partial charge in [-0.25, -0.2) is 0 Å². The number of hydrogen-bond acceptors (Lipinski definition) is 0. The highest BCUT2D eigenvalue weighted by Gasteiger charge is 2.30. The van der Waals surface area contributed by atoms with Crippen molar-refractivity contribution in [3.05, 3.63) is 0 Å². The molecule has 2 saturated carbocycles. The van der Waals surface area contributed by atoms with E-state index in [9.17, 15) is 0 Å². The predicted molar refractivity (Wildman–Crippen MR) is 30.1 cm³/mol. The molecule has 2 aliphatic carbocycles. The molecule has 0 heterocycles. The summed E-state index contributed by atoms with van der Waals surface area (Å²) in [7, 11) is 0. The summed E-state index contributed by atoms with van der Waals surface area (Å²) < 4.78 is 7.52. The average molecular weight is 97.2 g/mol. The number of fused-ring (bicyclic) bond motifs is 2. The highest BCUT2D eigenvalue weighted by atomic mass is 14.4. The molecule has 0 aliphatic heterocycles. The molecule has 0 amide bonds. The minimum atomic E-state index is 0.328. The molecule has 0 spiro atoms. The molecule has 2 rings (SSSR count). The fraction of sp³-hybridized carbons (Fsp3) is 1.00. The van der Waals surface area contributed by atoms with E-state index in [4.69, 9.17) is 1.37 Å². The fourth-order valence-electron chi connectivity index (χ4n) is 1.93. The van der Waals surface area contributed by atoms with E-state index >= 15 is 0 Å². The van der Waals surface area contributed by atoms with E-state index in [0.717, 1.165) is 11.8 Å². The Bertz CT molecular complexity index is 98.6. The van der Waals surface area contributed by atoms with E-state index in [0.29, 0.717) is 6.40 Å². The summed E-state index contributed by atoms with van der Waals surface area (Å²) in [6.07, 6.45) is 5.71. The molecule has 0 nitrogen and oxygen atoms in total. The van der Waals surface area contributed by atoms with Crippen molar-refractivity contribution in [1.82, 2.24) is 0 Å². The van der Waals surface area contributed by atoms with Crippen LogP contribution < -0.4 is 0 Å². The summed E-state index contributed by atoms with van der Waals surface area (Å²) in [6, 6.07) is 0. The first-order valence-corrected chi connectivity index (χ1v) is 3.28. The highest BCUT2D eigenvalue weighted by Crippen LogP contribution is 2.43. The lowest BCUT2D eigenvalue weighted by atomic mass is 10.0. The van der Waals surface area contributed by atoms with Crippen molar-refractivity contribution in [3.8, 4) is 0 Å². The molecule has 0 heteroatoms. The molecule has 2 bridgehead atoms. The van der Waals surface area contributed by atoms with Crippen LogP contribution >= 0.6 is 0 Å². The van der Waals surface area contributed by atoms with Crippen LogP contribution in [0.4, 0.5) is 0 Å². The zero-order valence-electron chi connectivity index (χ0n) is 5.56. The van der Waals surface area contributed by atoms with Gasteiger partial charge in [-0.15, -0.1) is 0 Å². The molecule has 0 aromatic heterocycles. The minimum Gasteiger partial charge on any atom is -0.0502 e. The van der Waals surface area contributed by atoms with Crippen LogP contribution in [0, 0.1) is 11.8 Å². The molecule has 0 aromatic carbocycles. The van der Waals surface area contributed by atoms with Gasteiger partial charge >= 0.3 is 0 Å². The highest BCUT2D eigenvalue weighted by molar-refractivity contribution is 4.82. The molecule has 3 atom stereocenters. The monoisotopic (exact) mass is 97.1 g/mol. The maximum absolute atomic E-state index is 7.52. The van der Waals surface area contributed by atoms with Crippen molar-refractivity contribution in [3.63, 3.8) is 0 Å². The van der Waals surface area contributed by atoms with Crippen molar-refractivity contribution < 1.29 is 1.37 Å². The smallest absolute Gasteiger partial charge is 0.0269 e. The first-order valence-electron chi connectivity index (χ1n) is 3.86. The van der Waals surface area contributed by atoms with E-state index in [-0.39, 0.29) is 0 Å². The van der Waals surface area contributed by atoms with Gasteiger partial charge in [0.05, 0.1) is 0 Å². The molecule has 0 radical (unpaired) electrons. The molecule has 2 aliphatic rings. The largest absolute Gasteiger partial charge is 0.0502 e. The molecular formula is C7H12. The zero-order valence-corrected chi connectivity index (χ0v) is 4.56. The van der Waals surface area contributed by atoms with Crippen LogP contribution in [0.5, 0.6) is 0 Å². The first-order chi connectivity index (χ1) is 3.86. The van der Waals surface area contributed by atoms with Crippen molar-refractivity contribution in [2.45, 2.75) is 32.1 Å². The first kappa shape index (κ1) is 3.11. The normalized spacial score (nSPS) is 60.6. The van der Waals surface area contributed by atoms with Gasteiger partial charge in [0.1, 0.15) is 0 Å². The quantitative estimate of drug-likeness (QED) is 0.434. The van der Waals surface area contributed by atoms with Crippen LogP contribution in [-0.4, -0.2) is 0 Å². The second kappa shape index (κ2) is 1.24. The molecule has 3 unspecified atom stereocenters. The van der Waals surface area contributed by atoms with Crippen LogP contribution in [0.15, 0.2) is 0 Å². The van der Waals surface area contributed by atoms with Gasteiger partial charge in [0.15, 0.2) is 0 Å². The molecule has 7 heavy (non-hydrogen) atoms. The number of rotatable bonds is 0. The SMILES string of the molecule is [2H]C1CC2CCC1C2. The lowest BCUT2D eigenvalue weighted by Crippen LogP contribution is -1.90. The van der Waals surface area contributed by atoms with Crippen molar-refractivity contribution in [2.75, 3.05) is 0 Å². The van der Waals surface area contributed by atoms with Gasteiger partial charge < -0.3 is 0 Å². The van der Waals surface area contributed by atoms with Crippen molar-refractivity contribution >= 4 is 0 Å². The average Bonchev–Trinajstić information content (AvgIpc) is 2.23. The van der Waals surface area contributed by atoms with Crippen LogP contribution in [0.1, 0.15) is 33.5 Å². The van der Waals surface area contributed by atoms with E-state index in [1.165, 1.54) is 25.7 Å². The van der Waals surface area contributed by atoms with Gasteiger partial charge in [0.2, 0.25) is 0 Å². The van der Waals surface area contributed by atoms with Gasteiger partial charge in [-0.1, -0.05) is 25.7 Å². The third-order valence-corrected chi connectivity index (χ3v) is 2.38. The molecule has 0 saturated heterocycles. The molecular weight excluding hydrogens is 84.1 g/mol. The summed E-state index contributed by atoms with van der Waals surface area (Å²) in [5.41, 5.74) is 0. The van der Waals surface area contributed by atoms with E-state index in [1.54, 1.807) is 0 Å².